The summed E-state index contributed by atoms with van der Waals surface area (Å²) >= 11 is 6.14. The minimum atomic E-state index is -0.560. The van der Waals surface area contributed by atoms with Gasteiger partial charge in [-0.2, -0.15) is 0 Å². The van der Waals surface area contributed by atoms with E-state index in [1.807, 2.05) is 25.1 Å². The first-order chi connectivity index (χ1) is 9.47. The Morgan fingerprint density at radius 2 is 1.75 bits per heavy atom. The topological polar surface area (TPSA) is 26.0 Å². The summed E-state index contributed by atoms with van der Waals surface area (Å²) in [6.07, 6.45) is 0.621. The molecule has 0 bridgehead atoms. The van der Waals surface area contributed by atoms with Gasteiger partial charge in [-0.25, -0.2) is 8.78 Å². The van der Waals surface area contributed by atoms with Crippen LogP contribution in [0.15, 0.2) is 36.4 Å². The van der Waals surface area contributed by atoms with Gasteiger partial charge in [-0.1, -0.05) is 29.8 Å². The third-order valence-electron chi connectivity index (χ3n) is 3.22. The lowest BCUT2D eigenvalue weighted by Crippen LogP contribution is -2.26. The van der Waals surface area contributed by atoms with Gasteiger partial charge in [-0.3, -0.25) is 0 Å². The van der Waals surface area contributed by atoms with Gasteiger partial charge in [-0.05, 0) is 49.1 Å². The molecule has 2 aromatic carbocycles. The summed E-state index contributed by atoms with van der Waals surface area (Å²) in [4.78, 5) is 0. The highest BCUT2D eigenvalue weighted by Gasteiger charge is 2.14. The Morgan fingerprint density at radius 3 is 2.35 bits per heavy atom. The van der Waals surface area contributed by atoms with E-state index >= 15 is 0 Å². The van der Waals surface area contributed by atoms with Gasteiger partial charge in [0.05, 0.1) is 0 Å². The maximum Gasteiger partial charge on any atom is 0.129 e. The predicted octanol–water partition coefficient (Wildman–Crippen LogP) is 4.04. The Bertz CT molecular complexity index is 593. The van der Waals surface area contributed by atoms with Crippen LogP contribution in [0.2, 0.25) is 5.02 Å². The highest BCUT2D eigenvalue weighted by molar-refractivity contribution is 6.31. The fourth-order valence-electron chi connectivity index (χ4n) is 2.16. The zero-order chi connectivity index (χ0) is 14.7. The van der Waals surface area contributed by atoms with E-state index in [0.717, 1.165) is 11.1 Å². The molecule has 1 nitrogen and oxygen atoms in total. The fraction of sp³-hybridized carbons (Fsp3) is 0.250. The molecule has 0 spiro atoms. The summed E-state index contributed by atoms with van der Waals surface area (Å²) in [7, 11) is 0. The van der Waals surface area contributed by atoms with E-state index in [1.54, 1.807) is 0 Å². The zero-order valence-electron chi connectivity index (χ0n) is 11.2. The number of halogens is 3. The summed E-state index contributed by atoms with van der Waals surface area (Å²) < 4.78 is 27.1. The van der Waals surface area contributed by atoms with Crippen LogP contribution < -0.4 is 5.73 Å². The maximum atomic E-state index is 13.6. The molecule has 0 radical (unpaired) electrons. The smallest absolute Gasteiger partial charge is 0.129 e. The van der Waals surface area contributed by atoms with Crippen LogP contribution in [0.3, 0.4) is 0 Å². The number of aryl methyl sites for hydroxylation is 1. The van der Waals surface area contributed by atoms with Crippen molar-refractivity contribution in [3.05, 3.63) is 69.7 Å². The van der Waals surface area contributed by atoms with Crippen LogP contribution in [0.5, 0.6) is 0 Å². The van der Waals surface area contributed by atoms with Crippen LogP contribution in [-0.2, 0) is 12.8 Å². The van der Waals surface area contributed by atoms with Crippen molar-refractivity contribution in [1.29, 1.82) is 0 Å². The molecule has 0 amide bonds. The minimum absolute atomic E-state index is 0.0308. The average molecular weight is 296 g/mol. The number of hydrogen-bond donors (Lipinski definition) is 1. The molecule has 0 fully saturated rings. The van der Waals surface area contributed by atoms with Gasteiger partial charge in [0, 0.05) is 16.6 Å². The van der Waals surface area contributed by atoms with Crippen molar-refractivity contribution >= 4 is 11.6 Å². The molecule has 0 saturated carbocycles. The predicted molar refractivity (Wildman–Crippen MR) is 77.9 cm³/mol. The second kappa shape index (κ2) is 6.33. The fourth-order valence-corrected chi connectivity index (χ4v) is 2.47. The second-order valence-corrected chi connectivity index (χ2v) is 5.37. The van der Waals surface area contributed by atoms with Crippen molar-refractivity contribution in [2.45, 2.75) is 25.8 Å². The van der Waals surface area contributed by atoms with Crippen LogP contribution in [0.1, 0.15) is 16.7 Å². The summed E-state index contributed by atoms with van der Waals surface area (Å²) in [6.45, 7) is 1.95. The van der Waals surface area contributed by atoms with Crippen molar-refractivity contribution in [1.82, 2.24) is 0 Å². The van der Waals surface area contributed by atoms with Crippen molar-refractivity contribution in [3.63, 3.8) is 0 Å². The quantitative estimate of drug-likeness (QED) is 0.905. The summed E-state index contributed by atoms with van der Waals surface area (Å²) in [5, 5.41) is 0.634. The number of hydrogen-bond acceptors (Lipinski definition) is 1. The standard InChI is InChI=1S/C16H16ClF2N/c1-10-5-6-11(14(17)7-10)8-12(20)9-13-15(18)3-2-4-16(13)19/h2-7,12H,8-9,20H2,1H3. The molecule has 20 heavy (non-hydrogen) atoms. The third-order valence-corrected chi connectivity index (χ3v) is 3.57. The van der Waals surface area contributed by atoms with E-state index in [4.69, 9.17) is 17.3 Å². The molecule has 0 aliphatic rings. The molecular formula is C16H16ClF2N. The van der Waals surface area contributed by atoms with Crippen molar-refractivity contribution in [2.75, 3.05) is 0 Å². The van der Waals surface area contributed by atoms with Crippen molar-refractivity contribution in [3.8, 4) is 0 Å². The lowest BCUT2D eigenvalue weighted by atomic mass is 9.98. The Balaban J connectivity index is 2.11. The molecular weight excluding hydrogens is 280 g/mol. The molecule has 2 rings (SSSR count). The van der Waals surface area contributed by atoms with Crippen LogP contribution >= 0.6 is 11.6 Å². The summed E-state index contributed by atoms with van der Waals surface area (Å²) in [5.74, 6) is -1.12. The number of rotatable bonds is 4. The van der Waals surface area contributed by atoms with Crippen LogP contribution in [0.4, 0.5) is 8.78 Å². The molecule has 1 atom stereocenters. The Morgan fingerprint density at radius 1 is 1.10 bits per heavy atom. The van der Waals surface area contributed by atoms with Crippen LogP contribution in [0, 0.1) is 18.6 Å². The molecule has 2 aromatic rings. The molecule has 0 aliphatic heterocycles. The van der Waals surface area contributed by atoms with E-state index < -0.39 is 11.6 Å². The van der Waals surface area contributed by atoms with Gasteiger partial charge >= 0.3 is 0 Å². The maximum absolute atomic E-state index is 13.6. The first kappa shape index (κ1) is 14.9. The SMILES string of the molecule is Cc1ccc(CC(N)Cc2c(F)cccc2F)c(Cl)c1. The van der Waals surface area contributed by atoms with Crippen molar-refractivity contribution in [2.24, 2.45) is 5.73 Å². The lowest BCUT2D eigenvalue weighted by Gasteiger charge is -2.14. The third kappa shape index (κ3) is 3.56. The normalized spacial score (nSPS) is 12.4. The molecule has 0 heterocycles. The Labute approximate surface area is 122 Å². The van der Waals surface area contributed by atoms with E-state index in [-0.39, 0.29) is 18.0 Å². The van der Waals surface area contributed by atoms with Gasteiger partial charge in [0.2, 0.25) is 0 Å². The van der Waals surface area contributed by atoms with Gasteiger partial charge in [0.25, 0.3) is 0 Å². The monoisotopic (exact) mass is 295 g/mol. The summed E-state index contributed by atoms with van der Waals surface area (Å²) in [6, 6.07) is 9.13. The van der Waals surface area contributed by atoms with E-state index in [9.17, 15) is 8.78 Å². The second-order valence-electron chi connectivity index (χ2n) is 4.96. The highest BCUT2D eigenvalue weighted by atomic mass is 35.5. The lowest BCUT2D eigenvalue weighted by molar-refractivity contribution is 0.533. The molecule has 0 aliphatic carbocycles. The Kier molecular flexibility index (Phi) is 4.73. The molecule has 4 heteroatoms. The first-order valence-corrected chi connectivity index (χ1v) is 6.78. The number of benzene rings is 2. The molecule has 106 valence electrons. The minimum Gasteiger partial charge on any atom is -0.327 e. The summed E-state index contributed by atoms with van der Waals surface area (Å²) in [5.41, 5.74) is 7.97. The molecule has 2 N–H and O–H groups in total. The molecule has 0 aromatic heterocycles. The van der Waals surface area contributed by atoms with Crippen LogP contribution in [-0.4, -0.2) is 6.04 Å². The van der Waals surface area contributed by atoms with Gasteiger partial charge in [0.1, 0.15) is 11.6 Å². The number of nitrogens with two attached hydrogens (primary N) is 1. The Hall–Kier alpha value is -1.45. The van der Waals surface area contributed by atoms with E-state index in [2.05, 4.69) is 0 Å². The van der Waals surface area contributed by atoms with E-state index in [1.165, 1.54) is 18.2 Å². The van der Waals surface area contributed by atoms with Gasteiger partial charge in [-0.15, -0.1) is 0 Å². The van der Waals surface area contributed by atoms with Gasteiger partial charge < -0.3 is 5.73 Å². The van der Waals surface area contributed by atoms with Crippen molar-refractivity contribution < 1.29 is 8.78 Å². The average Bonchev–Trinajstić information content (AvgIpc) is 2.37. The zero-order valence-corrected chi connectivity index (χ0v) is 11.9. The largest absolute Gasteiger partial charge is 0.327 e. The molecule has 0 saturated heterocycles. The highest BCUT2D eigenvalue weighted by Crippen LogP contribution is 2.21. The first-order valence-electron chi connectivity index (χ1n) is 6.41. The van der Waals surface area contributed by atoms with E-state index in [0.29, 0.717) is 11.4 Å². The molecule has 1 unspecified atom stereocenters. The van der Waals surface area contributed by atoms with Gasteiger partial charge in [0.15, 0.2) is 0 Å². The van der Waals surface area contributed by atoms with Crippen LogP contribution in [0.25, 0.3) is 0 Å².